The van der Waals surface area contributed by atoms with Crippen molar-refractivity contribution in [3.8, 4) is 0 Å². The van der Waals surface area contributed by atoms with E-state index in [-0.39, 0.29) is 5.91 Å². The molecular weight excluding hydrogens is 150 g/mol. The largest absolute Gasteiger partial charge is 0.462 e. The zero-order chi connectivity index (χ0) is 8.57. The van der Waals surface area contributed by atoms with Crippen LogP contribution in [0.25, 0.3) is 0 Å². The van der Waals surface area contributed by atoms with E-state index in [4.69, 9.17) is 0 Å². The van der Waals surface area contributed by atoms with Gasteiger partial charge in [-0.3, -0.25) is 15.2 Å². The van der Waals surface area contributed by atoms with Crippen molar-refractivity contribution in [3.63, 3.8) is 0 Å². The molecule has 0 radical (unpaired) electrons. The Morgan fingerprint density at radius 2 is 1.80 bits per heavy atom. The van der Waals surface area contributed by atoms with Crippen molar-refractivity contribution < 1.29 is 9.00 Å². The lowest BCUT2D eigenvalue weighted by molar-refractivity contribution is -0.118. The van der Waals surface area contributed by atoms with E-state index >= 15 is 0 Å². The predicted molar refractivity (Wildman–Crippen MR) is 45.5 cm³/mol. The minimum Gasteiger partial charge on any atom is -0.462 e. The van der Waals surface area contributed by atoms with Crippen LogP contribution in [0.2, 0.25) is 0 Å². The van der Waals surface area contributed by atoms with Gasteiger partial charge in [-0.1, -0.05) is 6.92 Å². The second-order valence-corrected chi connectivity index (χ2v) is 3.01. The fourth-order valence-corrected chi connectivity index (χ4v) is 0. The van der Waals surface area contributed by atoms with Crippen molar-refractivity contribution in [2.24, 2.45) is 0 Å². The molecule has 0 unspecified atom stereocenters. The van der Waals surface area contributed by atoms with Crippen LogP contribution < -0.4 is 5.32 Å². The fraction of sp³-hybridized carbons (Fsp3) is 0.667. The van der Waals surface area contributed by atoms with E-state index in [0.717, 1.165) is 0 Å². The molecule has 0 heterocycles. The zero-order valence-electron chi connectivity index (χ0n) is 6.80. The van der Waals surface area contributed by atoms with Crippen LogP contribution in [0.3, 0.4) is 0 Å². The highest BCUT2D eigenvalue weighted by atomic mass is 32.2. The molecule has 0 rings (SSSR count). The summed E-state index contributed by atoms with van der Waals surface area (Å²) in [6, 6.07) is 0. The Hall–Kier alpha value is -0.510. The second-order valence-electron chi connectivity index (χ2n) is 1.54. The Morgan fingerprint density at radius 3 is 1.80 bits per heavy atom. The van der Waals surface area contributed by atoms with E-state index in [0.29, 0.717) is 0 Å². The van der Waals surface area contributed by atoms with Gasteiger partial charge in [0.05, 0.1) is 0 Å². The molecule has 0 aromatic rings. The van der Waals surface area contributed by atoms with Gasteiger partial charge in [-0.05, 0) is 0 Å². The quantitative estimate of drug-likeness (QED) is 0.409. The van der Waals surface area contributed by atoms with Crippen molar-refractivity contribution in [3.05, 3.63) is 0 Å². The van der Waals surface area contributed by atoms with Crippen molar-refractivity contribution >= 4 is 21.7 Å². The fourth-order valence-electron chi connectivity index (χ4n) is 0. The summed E-state index contributed by atoms with van der Waals surface area (Å²) in [5, 5.41) is 4.03. The lowest BCUT2D eigenvalue weighted by Crippen LogP contribution is -2.11. The normalized spacial score (nSPS) is 11.2. The molecule has 0 aliphatic heterocycles. The minimum absolute atomic E-state index is 0.00463. The van der Waals surface area contributed by atoms with Gasteiger partial charge in [-0.15, -0.1) is 6.26 Å². The molecule has 62 valence electrons. The average Bonchev–Trinajstić information content (AvgIpc) is 1.89. The van der Waals surface area contributed by atoms with Crippen molar-refractivity contribution in [1.29, 1.82) is 0 Å². The van der Waals surface area contributed by atoms with E-state index in [1.54, 1.807) is 25.6 Å². The Kier molecular flexibility index (Phi) is 10.4. The van der Waals surface area contributed by atoms with Gasteiger partial charge in [-0.2, -0.15) is 5.37 Å². The molecule has 0 spiro atoms. The molecule has 0 aromatic carbocycles. The first kappa shape index (κ1) is 12.2. The SMILES string of the molecule is CC=[S-](C)=O.CNC(C)=O. The Morgan fingerprint density at radius 1 is 1.60 bits per heavy atom. The Bertz CT molecular complexity index is 159. The van der Waals surface area contributed by atoms with E-state index in [9.17, 15) is 9.00 Å². The van der Waals surface area contributed by atoms with Crippen LogP contribution in [0.5, 0.6) is 0 Å². The number of hydrogen-bond acceptors (Lipinski definition) is 3. The third-order valence-electron chi connectivity index (χ3n) is 0.684. The van der Waals surface area contributed by atoms with Gasteiger partial charge >= 0.3 is 0 Å². The maximum atomic E-state index is 9.87. The van der Waals surface area contributed by atoms with Crippen LogP contribution in [0.1, 0.15) is 13.8 Å². The van der Waals surface area contributed by atoms with Crippen LogP contribution in [-0.4, -0.2) is 24.6 Å². The standard InChI is InChI=1S/C3H7NO.C3H7OS/c1-3(5)4-2;1-3-5(2)4/h1-2H3,(H,4,5);3H,1-2H3/q;-1. The topological polar surface area (TPSA) is 46.2 Å². The van der Waals surface area contributed by atoms with Gasteiger partial charge in [0.25, 0.3) is 0 Å². The Labute approximate surface area is 63.9 Å². The number of carbonyl (C=O) groups is 1. The summed E-state index contributed by atoms with van der Waals surface area (Å²) in [7, 11) is 0.902. The summed E-state index contributed by atoms with van der Waals surface area (Å²) in [5.74, 6) is 0.00463. The molecule has 0 fully saturated rings. The highest BCUT2D eigenvalue weighted by molar-refractivity contribution is 7.82. The molecule has 10 heavy (non-hydrogen) atoms. The smallest absolute Gasteiger partial charge is 0.216 e. The highest BCUT2D eigenvalue weighted by Gasteiger charge is 1.72. The summed E-state index contributed by atoms with van der Waals surface area (Å²) >= 11 is 0. The zero-order valence-corrected chi connectivity index (χ0v) is 7.62. The third kappa shape index (κ3) is 25.9. The number of hydrogen-bond donors (Lipinski definition) is 1. The lowest BCUT2D eigenvalue weighted by atomic mass is 10.7. The first-order valence-corrected chi connectivity index (χ1v) is 4.46. The second kappa shape index (κ2) is 8.49. The molecule has 0 aromatic heterocycles. The number of nitrogens with one attached hydrogen (secondary N) is 1. The molecule has 0 aliphatic rings. The van der Waals surface area contributed by atoms with Gasteiger partial charge in [0.2, 0.25) is 5.91 Å². The molecule has 1 N–H and O–H groups in total. The van der Waals surface area contributed by atoms with Crippen molar-refractivity contribution in [2.75, 3.05) is 13.3 Å². The summed E-state index contributed by atoms with van der Waals surface area (Å²) in [6.45, 7) is 3.25. The number of amides is 1. The van der Waals surface area contributed by atoms with Gasteiger partial charge in [0, 0.05) is 14.0 Å². The molecule has 1 amide bonds. The first-order valence-electron chi connectivity index (χ1n) is 2.84. The van der Waals surface area contributed by atoms with Crippen molar-refractivity contribution in [1.82, 2.24) is 5.32 Å². The number of carbonyl (C=O) groups excluding carboxylic acids is 1. The average molecular weight is 164 g/mol. The molecule has 0 bridgehead atoms. The number of rotatable bonds is 0. The van der Waals surface area contributed by atoms with E-state index < -0.39 is 10.4 Å². The van der Waals surface area contributed by atoms with E-state index in [1.807, 2.05) is 0 Å². The molecule has 4 heteroatoms. The van der Waals surface area contributed by atoms with Gasteiger partial charge in [0.1, 0.15) is 0 Å². The molecule has 0 saturated heterocycles. The van der Waals surface area contributed by atoms with Crippen LogP contribution in [0.15, 0.2) is 0 Å². The molecule has 0 aliphatic carbocycles. The monoisotopic (exact) mass is 164 g/mol. The van der Waals surface area contributed by atoms with Gasteiger partial charge in [0.15, 0.2) is 0 Å². The Balaban J connectivity index is 0. The lowest BCUT2D eigenvalue weighted by Gasteiger charge is -1.80. The van der Waals surface area contributed by atoms with Crippen LogP contribution in [-0.2, 0) is 19.4 Å². The molecule has 0 atom stereocenters. The van der Waals surface area contributed by atoms with Crippen LogP contribution >= 0.6 is 0 Å². The van der Waals surface area contributed by atoms with E-state index in [2.05, 4.69) is 5.32 Å². The third-order valence-corrected chi connectivity index (χ3v) is 1.35. The summed E-state index contributed by atoms with van der Waals surface area (Å²) < 4.78 is 9.87. The maximum Gasteiger partial charge on any atom is 0.216 e. The highest BCUT2D eigenvalue weighted by Crippen LogP contribution is 1.45. The molecule has 3 nitrogen and oxygen atoms in total. The predicted octanol–water partition coefficient (Wildman–Crippen LogP) is 0.154. The summed E-state index contributed by atoms with van der Waals surface area (Å²) in [4.78, 5) is 9.70. The summed E-state index contributed by atoms with van der Waals surface area (Å²) in [6.07, 6.45) is 1.64. The van der Waals surface area contributed by atoms with Crippen LogP contribution in [0, 0.1) is 0 Å². The summed E-state index contributed by atoms with van der Waals surface area (Å²) in [5.41, 5.74) is 0. The van der Waals surface area contributed by atoms with Crippen LogP contribution in [0.4, 0.5) is 0 Å². The van der Waals surface area contributed by atoms with Crippen molar-refractivity contribution in [2.45, 2.75) is 13.8 Å². The van der Waals surface area contributed by atoms with E-state index in [1.165, 1.54) is 6.92 Å². The minimum atomic E-state index is -0.698. The van der Waals surface area contributed by atoms with Gasteiger partial charge < -0.3 is 9.53 Å². The molecular formula is C6H14NO2S-. The molecule has 0 saturated carbocycles. The first-order chi connectivity index (χ1) is 4.54. The maximum absolute atomic E-state index is 9.87. The van der Waals surface area contributed by atoms with Gasteiger partial charge in [-0.25, -0.2) is 0 Å².